The molecule has 1 N–H and O–H groups in total. The van der Waals surface area contributed by atoms with Gasteiger partial charge in [-0.05, 0) is 19.1 Å². The van der Waals surface area contributed by atoms with Crippen LogP contribution in [0.15, 0.2) is 22.7 Å². The number of nitrogens with one attached hydrogen (secondary N) is 1. The summed E-state index contributed by atoms with van der Waals surface area (Å²) in [7, 11) is 1.73. The number of hydrogen-bond donors (Lipinski definition) is 1. The number of ether oxygens (including phenoxy) is 1. The molecule has 0 aromatic heterocycles. The molecule has 94 valence electrons. The van der Waals surface area contributed by atoms with Gasteiger partial charge in [-0.2, -0.15) is 0 Å². The van der Waals surface area contributed by atoms with E-state index in [2.05, 4.69) is 39.1 Å². The van der Waals surface area contributed by atoms with Crippen LogP contribution >= 0.6 is 15.9 Å². The number of benzene rings is 1. The van der Waals surface area contributed by atoms with Crippen LogP contribution in [0.25, 0.3) is 0 Å². The summed E-state index contributed by atoms with van der Waals surface area (Å²) in [5.41, 5.74) is 1.24. The predicted octanol–water partition coefficient (Wildman–Crippen LogP) is 2.25. The summed E-state index contributed by atoms with van der Waals surface area (Å²) in [6, 6.07) is 6.67. The van der Waals surface area contributed by atoms with Crippen molar-refractivity contribution in [1.29, 1.82) is 0 Å². The highest BCUT2D eigenvalue weighted by molar-refractivity contribution is 9.10. The minimum Gasteiger partial charge on any atom is -0.496 e. The fraction of sp³-hybridized carbons (Fsp3) is 0.538. The van der Waals surface area contributed by atoms with Gasteiger partial charge in [-0.25, -0.2) is 0 Å². The zero-order valence-electron chi connectivity index (χ0n) is 10.4. The van der Waals surface area contributed by atoms with Crippen molar-refractivity contribution >= 4 is 15.9 Å². The predicted molar refractivity (Wildman–Crippen MR) is 73.4 cm³/mol. The van der Waals surface area contributed by atoms with Crippen LogP contribution in [0.3, 0.4) is 0 Å². The van der Waals surface area contributed by atoms with E-state index in [1.54, 1.807) is 7.11 Å². The number of methoxy groups -OCH3 is 1. The van der Waals surface area contributed by atoms with E-state index in [0.29, 0.717) is 6.04 Å². The van der Waals surface area contributed by atoms with Gasteiger partial charge in [-0.1, -0.05) is 22.0 Å². The molecule has 1 aromatic carbocycles. The molecule has 1 aliphatic rings. The molecule has 0 bridgehead atoms. The lowest BCUT2D eigenvalue weighted by Crippen LogP contribution is -2.49. The van der Waals surface area contributed by atoms with Gasteiger partial charge in [0.15, 0.2) is 0 Å². The van der Waals surface area contributed by atoms with Crippen LogP contribution in [-0.2, 0) is 6.54 Å². The van der Waals surface area contributed by atoms with Gasteiger partial charge in [-0.3, -0.25) is 4.90 Å². The van der Waals surface area contributed by atoms with Crippen LogP contribution in [0.2, 0.25) is 0 Å². The molecule has 17 heavy (non-hydrogen) atoms. The Bertz CT molecular complexity index is 384. The Morgan fingerprint density at radius 1 is 1.53 bits per heavy atom. The molecule has 1 unspecified atom stereocenters. The highest BCUT2D eigenvalue weighted by Crippen LogP contribution is 2.28. The van der Waals surface area contributed by atoms with Crippen LogP contribution in [-0.4, -0.2) is 37.7 Å². The minimum atomic E-state index is 0.570. The standard InChI is InChI=1S/C13H19BrN2O/c1-10-8-15-6-7-16(10)9-11-12(14)4-3-5-13(11)17-2/h3-5,10,15H,6-9H2,1-2H3. The van der Waals surface area contributed by atoms with Gasteiger partial charge in [0, 0.05) is 42.3 Å². The number of rotatable bonds is 3. The first-order valence-electron chi connectivity index (χ1n) is 5.98. The van der Waals surface area contributed by atoms with Gasteiger partial charge in [-0.15, -0.1) is 0 Å². The van der Waals surface area contributed by atoms with Crippen LogP contribution < -0.4 is 10.1 Å². The number of nitrogens with zero attached hydrogens (tertiary/aromatic N) is 1. The lowest BCUT2D eigenvalue weighted by atomic mass is 10.1. The third-order valence-electron chi connectivity index (χ3n) is 3.30. The third-order valence-corrected chi connectivity index (χ3v) is 4.04. The van der Waals surface area contributed by atoms with Crippen LogP contribution in [0.1, 0.15) is 12.5 Å². The van der Waals surface area contributed by atoms with E-state index < -0.39 is 0 Å². The Morgan fingerprint density at radius 3 is 3.06 bits per heavy atom. The third kappa shape index (κ3) is 3.00. The van der Waals surface area contributed by atoms with Crippen LogP contribution in [0.4, 0.5) is 0 Å². The molecule has 4 heteroatoms. The minimum absolute atomic E-state index is 0.570. The quantitative estimate of drug-likeness (QED) is 0.926. The van der Waals surface area contributed by atoms with Crippen LogP contribution in [0, 0.1) is 0 Å². The SMILES string of the molecule is COc1cccc(Br)c1CN1CCNCC1C. The topological polar surface area (TPSA) is 24.5 Å². The van der Waals surface area contributed by atoms with E-state index in [9.17, 15) is 0 Å². The molecule has 0 aliphatic carbocycles. The summed E-state index contributed by atoms with van der Waals surface area (Å²) in [5.74, 6) is 0.963. The van der Waals surface area contributed by atoms with Gasteiger partial charge in [0.2, 0.25) is 0 Å². The van der Waals surface area contributed by atoms with Crippen LogP contribution in [0.5, 0.6) is 5.75 Å². The average Bonchev–Trinajstić information content (AvgIpc) is 2.34. The van der Waals surface area contributed by atoms with Crippen molar-refractivity contribution in [1.82, 2.24) is 10.2 Å². The van der Waals surface area contributed by atoms with Gasteiger partial charge >= 0.3 is 0 Å². The molecule has 3 nitrogen and oxygen atoms in total. The second-order valence-electron chi connectivity index (χ2n) is 4.44. The number of piperazine rings is 1. The summed E-state index contributed by atoms with van der Waals surface area (Å²) in [6.07, 6.45) is 0. The van der Waals surface area contributed by atoms with E-state index in [1.165, 1.54) is 5.56 Å². The Labute approximate surface area is 111 Å². The maximum atomic E-state index is 5.43. The van der Waals surface area contributed by atoms with E-state index >= 15 is 0 Å². The molecule has 0 spiro atoms. The van der Waals surface area contributed by atoms with Crippen molar-refractivity contribution in [2.24, 2.45) is 0 Å². The van der Waals surface area contributed by atoms with E-state index in [1.807, 2.05) is 12.1 Å². The maximum Gasteiger partial charge on any atom is 0.124 e. The second-order valence-corrected chi connectivity index (χ2v) is 5.30. The molecule has 1 saturated heterocycles. The first-order chi connectivity index (χ1) is 8.22. The van der Waals surface area contributed by atoms with Crippen molar-refractivity contribution in [2.45, 2.75) is 19.5 Å². The Hall–Kier alpha value is -0.580. The highest BCUT2D eigenvalue weighted by atomic mass is 79.9. The summed E-state index contributed by atoms with van der Waals surface area (Å²) in [5, 5.41) is 3.41. The van der Waals surface area contributed by atoms with Crippen molar-refractivity contribution in [3.8, 4) is 5.75 Å². The zero-order valence-corrected chi connectivity index (χ0v) is 12.0. The summed E-state index contributed by atoms with van der Waals surface area (Å²) in [4.78, 5) is 2.49. The molecule has 1 fully saturated rings. The second kappa shape index (κ2) is 5.85. The number of hydrogen-bond acceptors (Lipinski definition) is 3. The number of halogens is 1. The molecule has 2 rings (SSSR count). The van der Waals surface area contributed by atoms with Crippen molar-refractivity contribution in [2.75, 3.05) is 26.7 Å². The van der Waals surface area contributed by atoms with Crippen molar-refractivity contribution in [3.63, 3.8) is 0 Å². The van der Waals surface area contributed by atoms with E-state index in [4.69, 9.17) is 4.74 Å². The fourth-order valence-corrected chi connectivity index (χ4v) is 2.68. The summed E-state index contributed by atoms with van der Waals surface area (Å²) >= 11 is 3.61. The van der Waals surface area contributed by atoms with Gasteiger partial charge in [0.05, 0.1) is 7.11 Å². The van der Waals surface area contributed by atoms with Gasteiger partial charge < -0.3 is 10.1 Å². The molecule has 0 radical (unpaired) electrons. The monoisotopic (exact) mass is 298 g/mol. The lowest BCUT2D eigenvalue weighted by molar-refractivity contribution is 0.163. The Morgan fingerprint density at radius 2 is 2.35 bits per heavy atom. The van der Waals surface area contributed by atoms with E-state index in [0.717, 1.165) is 36.4 Å². The maximum absolute atomic E-state index is 5.43. The smallest absolute Gasteiger partial charge is 0.124 e. The Balaban J connectivity index is 2.16. The molecule has 1 aliphatic heterocycles. The molecular weight excluding hydrogens is 280 g/mol. The fourth-order valence-electron chi connectivity index (χ4n) is 2.20. The lowest BCUT2D eigenvalue weighted by Gasteiger charge is -2.34. The van der Waals surface area contributed by atoms with Gasteiger partial charge in [0.25, 0.3) is 0 Å². The van der Waals surface area contributed by atoms with E-state index in [-0.39, 0.29) is 0 Å². The van der Waals surface area contributed by atoms with Crippen molar-refractivity contribution < 1.29 is 4.74 Å². The first kappa shape index (κ1) is 12.9. The summed E-state index contributed by atoms with van der Waals surface area (Å²) in [6.45, 7) is 6.42. The molecule has 0 amide bonds. The molecule has 1 aromatic rings. The molecule has 1 atom stereocenters. The zero-order chi connectivity index (χ0) is 12.3. The first-order valence-corrected chi connectivity index (χ1v) is 6.78. The Kier molecular flexibility index (Phi) is 4.42. The normalized spacial score (nSPS) is 21.5. The molecule has 1 heterocycles. The van der Waals surface area contributed by atoms with Gasteiger partial charge in [0.1, 0.15) is 5.75 Å². The largest absolute Gasteiger partial charge is 0.496 e. The average molecular weight is 299 g/mol. The molecular formula is C13H19BrN2O. The highest BCUT2D eigenvalue weighted by Gasteiger charge is 2.20. The van der Waals surface area contributed by atoms with Crippen molar-refractivity contribution in [3.05, 3.63) is 28.2 Å². The molecule has 0 saturated carbocycles. The summed E-state index contributed by atoms with van der Waals surface area (Å²) < 4.78 is 6.56.